The van der Waals surface area contributed by atoms with Crippen molar-refractivity contribution in [3.63, 3.8) is 0 Å². The number of nitrogens with one attached hydrogen (secondary N) is 1. The van der Waals surface area contributed by atoms with Crippen LogP contribution in [-0.4, -0.2) is 73.0 Å². The molecule has 0 aromatic heterocycles. The van der Waals surface area contributed by atoms with Gasteiger partial charge >= 0.3 is 0 Å². The molecule has 2 aromatic rings. The molecule has 3 aliphatic rings. The van der Waals surface area contributed by atoms with Crippen LogP contribution in [0, 0.1) is 6.92 Å². The largest absolute Gasteiger partial charge is 0.371 e. The Bertz CT molecular complexity index is 1030. The standard InChI is InChI=1S/C29H38N4O2/c1-22-7-6-8-23(21-22)28(34)30-24-13-15-32(16-14-24)27-12-5-4-11-26(27)29(35)33-19-17-31(18-20-33)25-9-2-3-10-25/h4-8,11-12,21,24-25H,2-3,9-10,13-20H2,1H3,(H,30,34). The highest BCUT2D eigenvalue weighted by Crippen LogP contribution is 2.28. The number of carbonyl (C=O) groups is 2. The predicted octanol–water partition coefficient (Wildman–Crippen LogP) is 4.09. The second-order valence-corrected chi connectivity index (χ2v) is 10.4. The number of para-hydroxylation sites is 1. The van der Waals surface area contributed by atoms with Gasteiger partial charge in [-0.05, 0) is 56.9 Å². The Morgan fingerprint density at radius 3 is 2.26 bits per heavy atom. The molecule has 1 N–H and O–H groups in total. The minimum atomic E-state index is -0.000487. The summed E-state index contributed by atoms with van der Waals surface area (Å²) in [5.41, 5.74) is 3.65. The number of carbonyl (C=O) groups excluding carboxylic acids is 2. The van der Waals surface area contributed by atoms with Crippen molar-refractivity contribution in [2.75, 3.05) is 44.2 Å². The third-order valence-corrected chi connectivity index (χ3v) is 8.03. The molecule has 2 saturated heterocycles. The maximum atomic E-state index is 13.5. The summed E-state index contributed by atoms with van der Waals surface area (Å²) >= 11 is 0. The number of hydrogen-bond donors (Lipinski definition) is 1. The molecule has 5 rings (SSSR count). The third kappa shape index (κ3) is 5.53. The van der Waals surface area contributed by atoms with Crippen LogP contribution in [-0.2, 0) is 0 Å². The molecule has 6 heteroatoms. The van der Waals surface area contributed by atoms with E-state index in [0.29, 0.717) is 0 Å². The molecule has 2 aromatic carbocycles. The average Bonchev–Trinajstić information content (AvgIpc) is 3.44. The van der Waals surface area contributed by atoms with Crippen molar-refractivity contribution in [1.29, 1.82) is 0 Å². The first-order valence-electron chi connectivity index (χ1n) is 13.3. The van der Waals surface area contributed by atoms with Gasteiger partial charge in [0.2, 0.25) is 0 Å². The summed E-state index contributed by atoms with van der Waals surface area (Å²) in [5.74, 6) is 0.154. The molecule has 1 saturated carbocycles. The molecular formula is C29H38N4O2. The molecule has 6 nitrogen and oxygen atoms in total. The molecule has 0 unspecified atom stereocenters. The van der Waals surface area contributed by atoms with Gasteiger partial charge in [0.25, 0.3) is 11.8 Å². The zero-order chi connectivity index (χ0) is 24.2. The summed E-state index contributed by atoms with van der Waals surface area (Å²) in [6.45, 7) is 7.28. The Morgan fingerprint density at radius 1 is 0.829 bits per heavy atom. The van der Waals surface area contributed by atoms with Crippen LogP contribution >= 0.6 is 0 Å². The molecule has 0 bridgehead atoms. The topological polar surface area (TPSA) is 55.9 Å². The summed E-state index contributed by atoms with van der Waals surface area (Å²) in [6, 6.07) is 16.7. The van der Waals surface area contributed by atoms with E-state index >= 15 is 0 Å². The second-order valence-electron chi connectivity index (χ2n) is 10.4. The fraction of sp³-hybridized carbons (Fsp3) is 0.517. The van der Waals surface area contributed by atoms with Crippen LogP contribution in [0.25, 0.3) is 0 Å². The number of anilines is 1. The van der Waals surface area contributed by atoms with Gasteiger partial charge in [-0.25, -0.2) is 0 Å². The van der Waals surface area contributed by atoms with Crippen LogP contribution in [0.3, 0.4) is 0 Å². The molecular weight excluding hydrogens is 436 g/mol. The first-order valence-corrected chi connectivity index (χ1v) is 13.3. The van der Waals surface area contributed by atoms with Crippen molar-refractivity contribution in [1.82, 2.24) is 15.1 Å². The zero-order valence-corrected chi connectivity index (χ0v) is 20.9. The summed E-state index contributed by atoms with van der Waals surface area (Å²) in [6.07, 6.45) is 7.09. The van der Waals surface area contributed by atoms with Crippen molar-refractivity contribution >= 4 is 17.5 Å². The fourth-order valence-corrected chi connectivity index (χ4v) is 5.98. The number of piperidine rings is 1. The Balaban J connectivity index is 1.17. The molecule has 2 aliphatic heterocycles. The van der Waals surface area contributed by atoms with Crippen molar-refractivity contribution in [2.24, 2.45) is 0 Å². The van der Waals surface area contributed by atoms with Crippen molar-refractivity contribution < 1.29 is 9.59 Å². The Labute approximate surface area is 209 Å². The monoisotopic (exact) mass is 474 g/mol. The van der Waals surface area contributed by atoms with E-state index in [1.807, 2.05) is 54.3 Å². The van der Waals surface area contributed by atoms with Gasteiger partial charge in [0.1, 0.15) is 0 Å². The normalized spacial score (nSPS) is 20.3. The Kier molecular flexibility index (Phi) is 7.37. The van der Waals surface area contributed by atoms with Crippen molar-refractivity contribution in [2.45, 2.75) is 57.5 Å². The highest BCUT2D eigenvalue weighted by Gasteiger charge is 2.30. The third-order valence-electron chi connectivity index (χ3n) is 8.03. The Hall–Kier alpha value is -2.86. The summed E-state index contributed by atoms with van der Waals surface area (Å²) in [7, 11) is 0. The van der Waals surface area contributed by atoms with E-state index in [0.717, 1.165) is 80.5 Å². The maximum absolute atomic E-state index is 13.5. The van der Waals surface area contributed by atoms with Gasteiger partial charge in [-0.1, -0.05) is 42.7 Å². The van der Waals surface area contributed by atoms with E-state index in [2.05, 4.69) is 21.2 Å². The smallest absolute Gasteiger partial charge is 0.256 e. The zero-order valence-electron chi connectivity index (χ0n) is 20.9. The van der Waals surface area contributed by atoms with E-state index in [1.165, 1.54) is 25.7 Å². The minimum Gasteiger partial charge on any atom is -0.371 e. The van der Waals surface area contributed by atoms with Crippen molar-refractivity contribution in [3.05, 3.63) is 65.2 Å². The van der Waals surface area contributed by atoms with Crippen LogP contribution in [0.1, 0.15) is 64.8 Å². The van der Waals surface area contributed by atoms with E-state index < -0.39 is 0 Å². The van der Waals surface area contributed by atoms with Gasteiger partial charge in [0.15, 0.2) is 0 Å². The molecule has 186 valence electrons. The van der Waals surface area contributed by atoms with E-state index in [1.54, 1.807) is 0 Å². The molecule has 0 spiro atoms. The maximum Gasteiger partial charge on any atom is 0.256 e. The molecule has 2 amide bonds. The minimum absolute atomic E-state index is 0.000487. The molecule has 1 aliphatic carbocycles. The van der Waals surface area contributed by atoms with Gasteiger partial charge in [-0.3, -0.25) is 14.5 Å². The number of aryl methyl sites for hydroxylation is 1. The quantitative estimate of drug-likeness (QED) is 0.709. The number of nitrogens with zero attached hydrogens (tertiary/aromatic N) is 3. The van der Waals surface area contributed by atoms with Crippen LogP contribution in [0.15, 0.2) is 48.5 Å². The summed E-state index contributed by atoms with van der Waals surface area (Å²) in [4.78, 5) is 33.1. The lowest BCUT2D eigenvalue weighted by Gasteiger charge is -2.39. The van der Waals surface area contributed by atoms with Crippen LogP contribution in [0.4, 0.5) is 5.69 Å². The molecule has 35 heavy (non-hydrogen) atoms. The van der Waals surface area contributed by atoms with Crippen LogP contribution in [0.2, 0.25) is 0 Å². The van der Waals surface area contributed by atoms with Gasteiger partial charge in [0.05, 0.1) is 5.56 Å². The lowest BCUT2D eigenvalue weighted by Crippen LogP contribution is -2.51. The van der Waals surface area contributed by atoms with Gasteiger partial charge < -0.3 is 15.1 Å². The lowest BCUT2D eigenvalue weighted by atomic mass is 10.0. The van der Waals surface area contributed by atoms with Gasteiger partial charge in [-0.2, -0.15) is 0 Å². The van der Waals surface area contributed by atoms with Crippen LogP contribution < -0.4 is 10.2 Å². The summed E-state index contributed by atoms with van der Waals surface area (Å²) < 4.78 is 0. The van der Waals surface area contributed by atoms with Crippen molar-refractivity contribution in [3.8, 4) is 0 Å². The van der Waals surface area contributed by atoms with E-state index in [9.17, 15) is 9.59 Å². The Morgan fingerprint density at radius 2 is 1.54 bits per heavy atom. The highest BCUT2D eigenvalue weighted by atomic mass is 16.2. The number of amides is 2. The lowest BCUT2D eigenvalue weighted by molar-refractivity contribution is 0.0574. The van der Waals surface area contributed by atoms with Gasteiger partial charge in [0, 0.05) is 62.6 Å². The predicted molar refractivity (Wildman–Crippen MR) is 140 cm³/mol. The number of rotatable bonds is 5. The average molecular weight is 475 g/mol. The number of benzene rings is 2. The fourth-order valence-electron chi connectivity index (χ4n) is 5.98. The van der Waals surface area contributed by atoms with E-state index in [4.69, 9.17) is 0 Å². The molecule has 2 heterocycles. The number of piperazine rings is 1. The molecule has 0 atom stereocenters. The van der Waals surface area contributed by atoms with Crippen LogP contribution in [0.5, 0.6) is 0 Å². The SMILES string of the molecule is Cc1cccc(C(=O)NC2CCN(c3ccccc3C(=O)N3CCN(C4CCCC4)CC3)CC2)c1. The first kappa shape index (κ1) is 23.9. The highest BCUT2D eigenvalue weighted by molar-refractivity contribution is 6.00. The molecule has 3 fully saturated rings. The van der Waals surface area contributed by atoms with E-state index in [-0.39, 0.29) is 17.9 Å². The van der Waals surface area contributed by atoms with Gasteiger partial charge in [-0.15, -0.1) is 0 Å². The molecule has 0 radical (unpaired) electrons. The number of hydrogen-bond acceptors (Lipinski definition) is 4. The summed E-state index contributed by atoms with van der Waals surface area (Å²) in [5, 5.41) is 3.21. The first-order chi connectivity index (χ1) is 17.1. The second kappa shape index (κ2) is 10.8.